The molecule has 0 saturated carbocycles. The summed E-state index contributed by atoms with van der Waals surface area (Å²) in [6, 6.07) is 13.4. The van der Waals surface area contributed by atoms with Crippen LogP contribution in [0.2, 0.25) is 0 Å². The minimum atomic E-state index is -0.503. The van der Waals surface area contributed by atoms with Crippen LogP contribution in [-0.4, -0.2) is 16.9 Å². The van der Waals surface area contributed by atoms with E-state index in [1.807, 2.05) is 6.07 Å². The topological polar surface area (TPSA) is 84.2 Å². The maximum atomic E-state index is 12.0. The van der Waals surface area contributed by atoms with E-state index >= 15 is 0 Å². The fraction of sp³-hybridized carbons (Fsp3) is 0. The lowest BCUT2D eigenvalue weighted by Crippen LogP contribution is -2.34. The summed E-state index contributed by atoms with van der Waals surface area (Å²) in [6.07, 6.45) is 0. The van der Waals surface area contributed by atoms with E-state index in [4.69, 9.17) is 18.0 Å². The van der Waals surface area contributed by atoms with Gasteiger partial charge in [0.05, 0.1) is 0 Å². The largest absolute Gasteiger partial charge is 0.366 e. The van der Waals surface area contributed by atoms with Crippen molar-refractivity contribution >= 4 is 50.8 Å². The van der Waals surface area contributed by atoms with E-state index in [2.05, 4.69) is 26.6 Å². The number of benzene rings is 2. The van der Waals surface area contributed by atoms with Crippen LogP contribution in [0.1, 0.15) is 20.7 Å². The standard InChI is InChI=1S/C15H12BrN3O2S/c16-11-3-1-2-10(8-11)14(21)19-15(22)18-12-6-4-9(5-7-12)13(17)20/h1-8H,(H2,17,20)(H2,18,19,21,22). The highest BCUT2D eigenvalue weighted by Crippen LogP contribution is 2.12. The molecule has 7 heteroatoms. The second-order valence-electron chi connectivity index (χ2n) is 4.36. The van der Waals surface area contributed by atoms with Crippen molar-refractivity contribution in [2.45, 2.75) is 0 Å². The number of carbonyl (C=O) groups excluding carboxylic acids is 2. The number of halogens is 1. The molecule has 112 valence electrons. The van der Waals surface area contributed by atoms with Crippen LogP contribution in [0.15, 0.2) is 53.0 Å². The number of anilines is 1. The first-order chi connectivity index (χ1) is 10.5. The number of nitrogens with two attached hydrogens (primary N) is 1. The van der Waals surface area contributed by atoms with Gasteiger partial charge in [-0.2, -0.15) is 0 Å². The number of thiocarbonyl (C=S) groups is 1. The Morgan fingerprint density at radius 2 is 1.73 bits per heavy atom. The third-order valence-corrected chi connectivity index (χ3v) is 3.44. The monoisotopic (exact) mass is 377 g/mol. The Kier molecular flexibility index (Phi) is 5.24. The smallest absolute Gasteiger partial charge is 0.257 e. The highest BCUT2D eigenvalue weighted by Gasteiger charge is 2.08. The lowest BCUT2D eigenvalue weighted by molar-refractivity contribution is 0.0975. The van der Waals surface area contributed by atoms with Gasteiger partial charge in [0.2, 0.25) is 5.91 Å². The van der Waals surface area contributed by atoms with Crippen LogP contribution in [0.4, 0.5) is 5.69 Å². The normalized spacial score (nSPS) is 9.86. The molecule has 0 spiro atoms. The SMILES string of the molecule is NC(=O)c1ccc(NC(=S)NC(=O)c2cccc(Br)c2)cc1. The Balaban J connectivity index is 1.98. The molecule has 2 aromatic carbocycles. The summed E-state index contributed by atoms with van der Waals surface area (Å²) in [5, 5.41) is 5.60. The van der Waals surface area contributed by atoms with Crippen molar-refractivity contribution in [3.8, 4) is 0 Å². The Hall–Kier alpha value is -2.25. The maximum absolute atomic E-state index is 12.0. The van der Waals surface area contributed by atoms with E-state index in [1.54, 1.807) is 42.5 Å². The van der Waals surface area contributed by atoms with E-state index in [0.29, 0.717) is 16.8 Å². The summed E-state index contributed by atoms with van der Waals surface area (Å²) in [5.74, 6) is -0.815. The molecule has 0 atom stereocenters. The van der Waals surface area contributed by atoms with Gasteiger partial charge in [-0.3, -0.25) is 14.9 Å². The van der Waals surface area contributed by atoms with Gasteiger partial charge in [0, 0.05) is 21.3 Å². The predicted octanol–water partition coefficient (Wildman–Crippen LogP) is 2.67. The van der Waals surface area contributed by atoms with Crippen LogP contribution >= 0.6 is 28.1 Å². The van der Waals surface area contributed by atoms with Gasteiger partial charge in [-0.15, -0.1) is 0 Å². The Morgan fingerprint density at radius 1 is 1.05 bits per heavy atom. The summed E-state index contributed by atoms with van der Waals surface area (Å²) in [5.41, 5.74) is 6.69. The van der Waals surface area contributed by atoms with Crippen molar-refractivity contribution in [2.75, 3.05) is 5.32 Å². The molecule has 0 aliphatic rings. The predicted molar refractivity (Wildman–Crippen MR) is 92.8 cm³/mol. The number of hydrogen-bond donors (Lipinski definition) is 3. The number of amides is 2. The lowest BCUT2D eigenvalue weighted by atomic mass is 10.2. The second kappa shape index (κ2) is 7.15. The maximum Gasteiger partial charge on any atom is 0.257 e. The molecule has 0 aliphatic heterocycles. The summed E-state index contributed by atoms with van der Waals surface area (Å²) in [7, 11) is 0. The fourth-order valence-corrected chi connectivity index (χ4v) is 2.29. The zero-order chi connectivity index (χ0) is 16.1. The van der Waals surface area contributed by atoms with Crippen LogP contribution in [0.25, 0.3) is 0 Å². The van der Waals surface area contributed by atoms with Gasteiger partial charge in [0.25, 0.3) is 5.91 Å². The van der Waals surface area contributed by atoms with Crippen molar-refractivity contribution < 1.29 is 9.59 Å². The van der Waals surface area contributed by atoms with Crippen molar-refractivity contribution in [1.82, 2.24) is 5.32 Å². The summed E-state index contributed by atoms with van der Waals surface area (Å²) < 4.78 is 0.807. The molecule has 0 radical (unpaired) electrons. The number of primary amides is 1. The minimum absolute atomic E-state index is 0.164. The van der Waals surface area contributed by atoms with E-state index in [0.717, 1.165) is 4.47 Å². The van der Waals surface area contributed by atoms with Crippen LogP contribution in [-0.2, 0) is 0 Å². The van der Waals surface area contributed by atoms with Crippen LogP contribution in [0.3, 0.4) is 0 Å². The molecule has 2 aromatic rings. The van der Waals surface area contributed by atoms with Gasteiger partial charge in [-0.05, 0) is 54.7 Å². The minimum Gasteiger partial charge on any atom is -0.366 e. The second-order valence-corrected chi connectivity index (χ2v) is 5.68. The van der Waals surface area contributed by atoms with Gasteiger partial charge in [0.15, 0.2) is 5.11 Å². The third-order valence-electron chi connectivity index (χ3n) is 2.74. The number of carbonyl (C=O) groups is 2. The molecule has 2 amide bonds. The summed E-state index contributed by atoms with van der Waals surface area (Å²) in [6.45, 7) is 0. The van der Waals surface area contributed by atoms with E-state index in [9.17, 15) is 9.59 Å². The molecule has 22 heavy (non-hydrogen) atoms. The van der Waals surface area contributed by atoms with Gasteiger partial charge in [0.1, 0.15) is 0 Å². The third kappa shape index (κ3) is 4.37. The Labute approximate surface area is 141 Å². The quantitative estimate of drug-likeness (QED) is 0.717. The first kappa shape index (κ1) is 16.1. The fourth-order valence-electron chi connectivity index (χ4n) is 1.69. The van der Waals surface area contributed by atoms with E-state index < -0.39 is 5.91 Å². The molecule has 2 rings (SSSR count). The first-order valence-electron chi connectivity index (χ1n) is 6.23. The van der Waals surface area contributed by atoms with Gasteiger partial charge in [-0.1, -0.05) is 22.0 Å². The highest BCUT2D eigenvalue weighted by molar-refractivity contribution is 9.10. The average molecular weight is 378 g/mol. The van der Waals surface area contributed by atoms with Crippen LogP contribution in [0.5, 0.6) is 0 Å². The van der Waals surface area contributed by atoms with Crippen molar-refractivity contribution in [3.05, 3.63) is 64.1 Å². The zero-order valence-electron chi connectivity index (χ0n) is 11.3. The number of rotatable bonds is 3. The molecular weight excluding hydrogens is 366 g/mol. The Morgan fingerprint density at radius 3 is 2.32 bits per heavy atom. The van der Waals surface area contributed by atoms with Crippen molar-refractivity contribution in [1.29, 1.82) is 0 Å². The molecule has 0 fully saturated rings. The first-order valence-corrected chi connectivity index (χ1v) is 7.43. The van der Waals surface area contributed by atoms with Crippen LogP contribution < -0.4 is 16.4 Å². The number of hydrogen-bond acceptors (Lipinski definition) is 3. The molecule has 5 nitrogen and oxygen atoms in total. The van der Waals surface area contributed by atoms with Gasteiger partial charge >= 0.3 is 0 Å². The van der Waals surface area contributed by atoms with E-state index in [-0.39, 0.29) is 11.0 Å². The van der Waals surface area contributed by atoms with Crippen LogP contribution in [0, 0.1) is 0 Å². The Bertz CT molecular complexity index is 732. The van der Waals surface area contributed by atoms with Crippen molar-refractivity contribution in [2.24, 2.45) is 5.73 Å². The molecule has 0 heterocycles. The zero-order valence-corrected chi connectivity index (χ0v) is 13.7. The van der Waals surface area contributed by atoms with Crippen molar-refractivity contribution in [3.63, 3.8) is 0 Å². The van der Waals surface area contributed by atoms with Gasteiger partial charge in [-0.25, -0.2) is 0 Å². The summed E-state index contributed by atoms with van der Waals surface area (Å²) >= 11 is 8.39. The van der Waals surface area contributed by atoms with E-state index in [1.165, 1.54) is 0 Å². The lowest BCUT2D eigenvalue weighted by Gasteiger charge is -2.10. The van der Waals surface area contributed by atoms with Gasteiger partial charge < -0.3 is 11.1 Å². The number of nitrogens with one attached hydrogen (secondary N) is 2. The average Bonchev–Trinajstić information content (AvgIpc) is 2.47. The molecule has 0 bridgehead atoms. The molecule has 0 aliphatic carbocycles. The molecular formula is C15H12BrN3O2S. The molecule has 4 N–H and O–H groups in total. The molecule has 0 saturated heterocycles. The molecule has 0 unspecified atom stereocenters. The molecule has 0 aromatic heterocycles. The highest BCUT2D eigenvalue weighted by atomic mass is 79.9. The summed E-state index contributed by atoms with van der Waals surface area (Å²) in [4.78, 5) is 23.0.